The summed E-state index contributed by atoms with van der Waals surface area (Å²) in [6.07, 6.45) is 2.43. The van der Waals surface area contributed by atoms with E-state index in [4.69, 9.17) is 17.3 Å². The molecule has 102 valence electrons. The van der Waals surface area contributed by atoms with Gasteiger partial charge in [-0.05, 0) is 53.4 Å². The van der Waals surface area contributed by atoms with E-state index >= 15 is 0 Å². The minimum atomic E-state index is -0.510. The number of benzene rings is 1. The number of nitrogens with two attached hydrogens (primary N) is 1. The highest BCUT2D eigenvalue weighted by molar-refractivity contribution is 9.10. The SMILES string of the molecule is NC(=O)C1CCCCN1C(=O)c1ccc(Br)c(Cl)c1. The minimum Gasteiger partial charge on any atom is -0.368 e. The molecule has 2 N–H and O–H groups in total. The van der Waals surface area contributed by atoms with Crippen molar-refractivity contribution < 1.29 is 9.59 Å². The van der Waals surface area contributed by atoms with Crippen LogP contribution in [0.5, 0.6) is 0 Å². The zero-order valence-corrected chi connectivity index (χ0v) is 12.6. The van der Waals surface area contributed by atoms with Gasteiger partial charge in [-0.1, -0.05) is 11.6 Å². The molecular weight excluding hydrogens is 332 g/mol. The van der Waals surface area contributed by atoms with Crippen molar-refractivity contribution in [2.45, 2.75) is 25.3 Å². The number of piperidine rings is 1. The fourth-order valence-corrected chi connectivity index (χ4v) is 2.69. The quantitative estimate of drug-likeness (QED) is 0.895. The van der Waals surface area contributed by atoms with Gasteiger partial charge in [0.1, 0.15) is 6.04 Å². The van der Waals surface area contributed by atoms with E-state index in [0.29, 0.717) is 23.6 Å². The van der Waals surface area contributed by atoms with Crippen LogP contribution >= 0.6 is 27.5 Å². The van der Waals surface area contributed by atoms with Crippen LogP contribution in [0.1, 0.15) is 29.6 Å². The van der Waals surface area contributed by atoms with Crippen molar-refractivity contribution in [2.24, 2.45) is 5.73 Å². The van der Waals surface area contributed by atoms with Gasteiger partial charge in [-0.15, -0.1) is 0 Å². The number of amides is 2. The summed E-state index contributed by atoms with van der Waals surface area (Å²) in [5.74, 6) is -0.644. The smallest absolute Gasteiger partial charge is 0.254 e. The summed E-state index contributed by atoms with van der Waals surface area (Å²) >= 11 is 9.27. The largest absolute Gasteiger partial charge is 0.368 e. The first kappa shape index (κ1) is 14.3. The molecule has 1 atom stereocenters. The van der Waals surface area contributed by atoms with E-state index < -0.39 is 11.9 Å². The summed E-state index contributed by atoms with van der Waals surface area (Å²) in [7, 11) is 0. The van der Waals surface area contributed by atoms with E-state index in [1.54, 1.807) is 23.1 Å². The molecule has 1 aliphatic heterocycles. The molecular formula is C13H14BrClN2O2. The van der Waals surface area contributed by atoms with Crippen molar-refractivity contribution in [1.29, 1.82) is 0 Å². The van der Waals surface area contributed by atoms with Crippen molar-refractivity contribution in [3.05, 3.63) is 33.3 Å². The predicted octanol–water partition coefficient (Wildman–Crippen LogP) is 2.58. The molecule has 2 amide bonds. The van der Waals surface area contributed by atoms with Gasteiger partial charge in [-0.2, -0.15) is 0 Å². The highest BCUT2D eigenvalue weighted by Crippen LogP contribution is 2.25. The molecule has 1 heterocycles. The molecule has 0 spiro atoms. The lowest BCUT2D eigenvalue weighted by atomic mass is 10.0. The molecule has 6 heteroatoms. The average molecular weight is 346 g/mol. The van der Waals surface area contributed by atoms with Crippen LogP contribution in [0.4, 0.5) is 0 Å². The van der Waals surface area contributed by atoms with Crippen molar-refractivity contribution >= 4 is 39.3 Å². The molecule has 4 nitrogen and oxygen atoms in total. The molecule has 1 unspecified atom stereocenters. The summed E-state index contributed by atoms with van der Waals surface area (Å²) in [5.41, 5.74) is 5.83. The fraction of sp³-hybridized carbons (Fsp3) is 0.385. The van der Waals surface area contributed by atoms with Crippen LogP contribution in [-0.4, -0.2) is 29.3 Å². The van der Waals surface area contributed by atoms with Gasteiger partial charge in [-0.25, -0.2) is 0 Å². The lowest BCUT2D eigenvalue weighted by molar-refractivity contribution is -0.123. The number of halogens is 2. The van der Waals surface area contributed by atoms with E-state index in [2.05, 4.69) is 15.9 Å². The Hall–Kier alpha value is -1.07. The third kappa shape index (κ3) is 3.09. The van der Waals surface area contributed by atoms with Gasteiger partial charge >= 0.3 is 0 Å². The lowest BCUT2D eigenvalue weighted by Gasteiger charge is -2.33. The van der Waals surface area contributed by atoms with Crippen molar-refractivity contribution in [3.8, 4) is 0 Å². The lowest BCUT2D eigenvalue weighted by Crippen LogP contribution is -2.50. The van der Waals surface area contributed by atoms with Crippen LogP contribution in [0, 0.1) is 0 Å². The minimum absolute atomic E-state index is 0.196. The van der Waals surface area contributed by atoms with Crippen LogP contribution in [0.15, 0.2) is 22.7 Å². The molecule has 0 saturated carbocycles. The number of nitrogens with zero attached hydrogens (tertiary/aromatic N) is 1. The first-order valence-corrected chi connectivity index (χ1v) is 7.23. The molecule has 0 aromatic heterocycles. The maximum Gasteiger partial charge on any atom is 0.254 e. The monoisotopic (exact) mass is 344 g/mol. The van der Waals surface area contributed by atoms with Gasteiger partial charge in [0.2, 0.25) is 5.91 Å². The number of rotatable bonds is 2. The molecule has 19 heavy (non-hydrogen) atoms. The number of primary amides is 1. The Morgan fingerprint density at radius 2 is 2.11 bits per heavy atom. The summed E-state index contributed by atoms with van der Waals surface area (Å²) in [6.45, 7) is 0.556. The van der Waals surface area contributed by atoms with E-state index in [1.165, 1.54) is 0 Å². The Balaban J connectivity index is 2.26. The second-order valence-electron chi connectivity index (χ2n) is 4.54. The first-order chi connectivity index (χ1) is 9.00. The molecule has 0 aliphatic carbocycles. The van der Waals surface area contributed by atoms with Crippen molar-refractivity contribution in [1.82, 2.24) is 4.90 Å². The van der Waals surface area contributed by atoms with Crippen molar-refractivity contribution in [3.63, 3.8) is 0 Å². The Kier molecular flexibility index (Phi) is 4.47. The molecule has 2 rings (SSSR count). The second kappa shape index (κ2) is 5.92. The van der Waals surface area contributed by atoms with Crippen LogP contribution in [-0.2, 0) is 4.79 Å². The Morgan fingerprint density at radius 1 is 1.37 bits per heavy atom. The second-order valence-corrected chi connectivity index (χ2v) is 5.80. The Morgan fingerprint density at radius 3 is 2.74 bits per heavy atom. The van der Waals surface area contributed by atoms with E-state index in [1.807, 2.05) is 0 Å². The summed E-state index contributed by atoms with van der Waals surface area (Å²) in [4.78, 5) is 25.4. The number of hydrogen-bond acceptors (Lipinski definition) is 2. The van der Waals surface area contributed by atoms with Gasteiger partial charge in [0, 0.05) is 16.6 Å². The maximum atomic E-state index is 12.4. The average Bonchev–Trinajstić information content (AvgIpc) is 2.41. The van der Waals surface area contributed by atoms with Gasteiger partial charge < -0.3 is 10.6 Å². The molecule has 1 aliphatic rings. The summed E-state index contributed by atoms with van der Waals surface area (Å²) < 4.78 is 0.732. The molecule has 1 aromatic carbocycles. The van der Waals surface area contributed by atoms with Crippen LogP contribution in [0.2, 0.25) is 5.02 Å². The maximum absolute atomic E-state index is 12.4. The van der Waals surface area contributed by atoms with Gasteiger partial charge in [-0.3, -0.25) is 9.59 Å². The van der Waals surface area contributed by atoms with E-state index in [0.717, 1.165) is 17.3 Å². The zero-order chi connectivity index (χ0) is 14.0. The molecule has 0 radical (unpaired) electrons. The fourth-order valence-electron chi connectivity index (χ4n) is 2.27. The highest BCUT2D eigenvalue weighted by atomic mass is 79.9. The van der Waals surface area contributed by atoms with E-state index in [-0.39, 0.29) is 5.91 Å². The molecule has 1 aromatic rings. The Labute approximate surface area is 125 Å². The van der Waals surface area contributed by atoms with Crippen LogP contribution in [0.3, 0.4) is 0 Å². The van der Waals surface area contributed by atoms with Crippen molar-refractivity contribution in [2.75, 3.05) is 6.54 Å². The number of carbonyl (C=O) groups excluding carboxylic acids is 2. The molecule has 1 saturated heterocycles. The van der Waals surface area contributed by atoms with Crippen LogP contribution in [0.25, 0.3) is 0 Å². The normalized spacial score (nSPS) is 19.3. The van der Waals surface area contributed by atoms with Gasteiger partial charge in [0.15, 0.2) is 0 Å². The van der Waals surface area contributed by atoms with Gasteiger partial charge in [0.25, 0.3) is 5.91 Å². The topological polar surface area (TPSA) is 63.4 Å². The number of likely N-dealkylation sites (tertiary alicyclic amines) is 1. The first-order valence-electron chi connectivity index (χ1n) is 6.06. The number of hydrogen-bond donors (Lipinski definition) is 1. The summed E-state index contributed by atoms with van der Waals surface area (Å²) in [6, 6.07) is 4.49. The molecule has 1 fully saturated rings. The number of carbonyl (C=O) groups is 2. The van der Waals surface area contributed by atoms with E-state index in [9.17, 15) is 9.59 Å². The molecule has 0 bridgehead atoms. The summed E-state index contributed by atoms with van der Waals surface area (Å²) in [5, 5.41) is 0.471. The highest BCUT2D eigenvalue weighted by Gasteiger charge is 2.31. The standard InChI is InChI=1S/C13H14BrClN2O2/c14-9-5-4-8(7-10(9)15)13(19)17-6-2-1-3-11(17)12(16)18/h4-5,7,11H,1-3,6H2,(H2,16,18). The Bertz CT molecular complexity index is 521. The third-order valence-electron chi connectivity index (χ3n) is 3.26. The predicted molar refractivity (Wildman–Crippen MR) is 77.0 cm³/mol. The van der Waals surface area contributed by atoms with Gasteiger partial charge in [0.05, 0.1) is 5.02 Å². The third-order valence-corrected chi connectivity index (χ3v) is 4.49. The van der Waals surface area contributed by atoms with Crippen LogP contribution < -0.4 is 5.73 Å². The zero-order valence-electron chi connectivity index (χ0n) is 10.2.